The SMILES string of the molecule is Cc1nn(Cc2ccccc2)c(C)c1CNC(=O)N(C)CCOc1cccc(Cl)c1. The number of amides is 2. The number of hydrogen-bond donors (Lipinski definition) is 1. The van der Waals surface area contributed by atoms with Crippen LogP contribution < -0.4 is 10.1 Å². The summed E-state index contributed by atoms with van der Waals surface area (Å²) in [6.07, 6.45) is 0. The zero-order valence-corrected chi connectivity index (χ0v) is 18.3. The number of ether oxygens (including phenoxy) is 1. The van der Waals surface area contributed by atoms with Gasteiger partial charge in [-0.3, -0.25) is 4.68 Å². The summed E-state index contributed by atoms with van der Waals surface area (Å²) in [5, 5.41) is 8.23. The largest absolute Gasteiger partial charge is 0.492 e. The number of carbonyl (C=O) groups excluding carboxylic acids is 1. The number of rotatable bonds is 8. The van der Waals surface area contributed by atoms with Gasteiger partial charge in [-0.15, -0.1) is 0 Å². The molecule has 0 saturated heterocycles. The van der Waals surface area contributed by atoms with E-state index in [0.29, 0.717) is 37.0 Å². The predicted molar refractivity (Wildman–Crippen MR) is 119 cm³/mol. The lowest BCUT2D eigenvalue weighted by molar-refractivity contribution is 0.195. The van der Waals surface area contributed by atoms with Crippen LogP contribution in [0.15, 0.2) is 54.6 Å². The third kappa shape index (κ3) is 5.76. The average molecular weight is 427 g/mol. The van der Waals surface area contributed by atoms with Gasteiger partial charge in [0.2, 0.25) is 0 Å². The summed E-state index contributed by atoms with van der Waals surface area (Å²) in [5.41, 5.74) is 4.22. The summed E-state index contributed by atoms with van der Waals surface area (Å²) in [6.45, 7) is 6.00. The lowest BCUT2D eigenvalue weighted by Gasteiger charge is -2.18. The molecule has 1 aromatic heterocycles. The number of hydrogen-bond acceptors (Lipinski definition) is 3. The molecule has 0 spiro atoms. The van der Waals surface area contributed by atoms with Gasteiger partial charge in [-0.2, -0.15) is 5.10 Å². The monoisotopic (exact) mass is 426 g/mol. The molecule has 1 heterocycles. The normalized spacial score (nSPS) is 10.7. The van der Waals surface area contributed by atoms with E-state index in [1.54, 1.807) is 24.1 Å². The van der Waals surface area contributed by atoms with Crippen molar-refractivity contribution in [3.63, 3.8) is 0 Å². The highest BCUT2D eigenvalue weighted by molar-refractivity contribution is 6.30. The van der Waals surface area contributed by atoms with Gasteiger partial charge in [-0.1, -0.05) is 48.0 Å². The van der Waals surface area contributed by atoms with Crippen LogP contribution in [-0.2, 0) is 13.1 Å². The van der Waals surface area contributed by atoms with Crippen molar-refractivity contribution in [1.29, 1.82) is 0 Å². The van der Waals surface area contributed by atoms with Crippen LogP contribution in [0.1, 0.15) is 22.5 Å². The lowest BCUT2D eigenvalue weighted by Crippen LogP contribution is -2.39. The van der Waals surface area contributed by atoms with Crippen molar-refractivity contribution >= 4 is 17.6 Å². The number of halogens is 1. The fourth-order valence-corrected chi connectivity index (χ4v) is 3.34. The van der Waals surface area contributed by atoms with Crippen molar-refractivity contribution in [3.8, 4) is 5.75 Å². The van der Waals surface area contributed by atoms with Gasteiger partial charge in [-0.25, -0.2) is 4.79 Å². The number of urea groups is 1. The molecule has 1 N–H and O–H groups in total. The molecule has 0 bridgehead atoms. The molecule has 2 amide bonds. The first-order valence-corrected chi connectivity index (χ1v) is 10.3. The summed E-state index contributed by atoms with van der Waals surface area (Å²) in [4.78, 5) is 14.0. The zero-order valence-electron chi connectivity index (χ0n) is 17.6. The fraction of sp³-hybridized carbons (Fsp3) is 0.304. The second-order valence-electron chi connectivity index (χ2n) is 7.18. The van der Waals surface area contributed by atoms with Gasteiger partial charge in [0.25, 0.3) is 0 Å². The van der Waals surface area contributed by atoms with Crippen molar-refractivity contribution in [1.82, 2.24) is 20.0 Å². The summed E-state index contributed by atoms with van der Waals surface area (Å²) in [6, 6.07) is 17.3. The molecule has 0 fully saturated rings. The summed E-state index contributed by atoms with van der Waals surface area (Å²) in [7, 11) is 1.75. The molecule has 0 saturated carbocycles. The summed E-state index contributed by atoms with van der Waals surface area (Å²) in [5.74, 6) is 0.688. The molecule has 158 valence electrons. The topological polar surface area (TPSA) is 59.4 Å². The first kappa shape index (κ1) is 21.7. The van der Waals surface area contributed by atoms with Crippen LogP contribution in [0.4, 0.5) is 4.79 Å². The Morgan fingerprint density at radius 2 is 1.93 bits per heavy atom. The Balaban J connectivity index is 1.50. The van der Waals surface area contributed by atoms with Crippen LogP contribution in [0, 0.1) is 13.8 Å². The number of aromatic nitrogens is 2. The molecule has 2 aromatic carbocycles. The molecule has 0 aliphatic rings. The minimum atomic E-state index is -0.153. The average Bonchev–Trinajstić information content (AvgIpc) is 2.99. The maximum Gasteiger partial charge on any atom is 0.317 e. The van der Waals surface area contributed by atoms with Gasteiger partial charge in [0.1, 0.15) is 12.4 Å². The van der Waals surface area contributed by atoms with Gasteiger partial charge in [0.15, 0.2) is 0 Å². The molecular formula is C23H27ClN4O2. The number of nitrogens with zero attached hydrogens (tertiary/aromatic N) is 3. The molecule has 0 atom stereocenters. The molecule has 6 nitrogen and oxygen atoms in total. The molecule has 0 aliphatic heterocycles. The first-order chi connectivity index (χ1) is 14.4. The van der Waals surface area contributed by atoms with Crippen LogP contribution in [0.5, 0.6) is 5.75 Å². The Kier molecular flexibility index (Phi) is 7.36. The molecule has 0 unspecified atom stereocenters. The van der Waals surface area contributed by atoms with Crippen molar-refractivity contribution in [3.05, 3.63) is 82.1 Å². The van der Waals surface area contributed by atoms with E-state index in [4.69, 9.17) is 16.3 Å². The van der Waals surface area contributed by atoms with Gasteiger partial charge in [0, 0.05) is 29.9 Å². The van der Waals surface area contributed by atoms with E-state index in [9.17, 15) is 4.79 Å². The number of carbonyl (C=O) groups is 1. The second-order valence-corrected chi connectivity index (χ2v) is 7.62. The number of aryl methyl sites for hydroxylation is 1. The lowest BCUT2D eigenvalue weighted by atomic mass is 10.2. The van der Waals surface area contributed by atoms with E-state index in [-0.39, 0.29) is 6.03 Å². The Bertz CT molecular complexity index is 988. The van der Waals surface area contributed by atoms with Crippen molar-refractivity contribution < 1.29 is 9.53 Å². The molecule has 0 aliphatic carbocycles. The minimum absolute atomic E-state index is 0.153. The Morgan fingerprint density at radius 1 is 1.17 bits per heavy atom. The molecule has 0 radical (unpaired) electrons. The highest BCUT2D eigenvalue weighted by Gasteiger charge is 2.14. The molecule has 3 rings (SSSR count). The number of likely N-dealkylation sites (N-methyl/N-ethyl adjacent to an activating group) is 1. The fourth-order valence-electron chi connectivity index (χ4n) is 3.16. The Hall–Kier alpha value is -2.99. The molecule has 7 heteroatoms. The van der Waals surface area contributed by atoms with E-state index in [1.807, 2.05) is 48.9 Å². The second kappa shape index (κ2) is 10.2. The third-order valence-electron chi connectivity index (χ3n) is 4.96. The standard InChI is InChI=1S/C23H27ClN4O2/c1-17-22(18(2)28(26-17)16-19-8-5-4-6-9-19)15-25-23(29)27(3)12-13-30-21-11-7-10-20(24)14-21/h4-11,14H,12-13,15-16H2,1-3H3,(H,25,29). The van der Waals surface area contributed by atoms with E-state index in [1.165, 1.54) is 5.56 Å². The number of benzene rings is 2. The predicted octanol–water partition coefficient (Wildman–Crippen LogP) is 4.42. The molecule has 30 heavy (non-hydrogen) atoms. The van der Waals surface area contributed by atoms with Crippen LogP contribution in [0.2, 0.25) is 5.02 Å². The summed E-state index contributed by atoms with van der Waals surface area (Å²) < 4.78 is 7.63. The van der Waals surface area contributed by atoms with Crippen LogP contribution in [0.25, 0.3) is 0 Å². The van der Waals surface area contributed by atoms with E-state index in [2.05, 4.69) is 22.5 Å². The quantitative estimate of drug-likeness (QED) is 0.580. The van der Waals surface area contributed by atoms with Gasteiger partial charge in [-0.05, 0) is 37.6 Å². The Morgan fingerprint density at radius 3 is 2.67 bits per heavy atom. The first-order valence-electron chi connectivity index (χ1n) is 9.88. The minimum Gasteiger partial charge on any atom is -0.492 e. The van der Waals surface area contributed by atoms with E-state index < -0.39 is 0 Å². The van der Waals surface area contributed by atoms with Gasteiger partial charge < -0.3 is 15.0 Å². The van der Waals surface area contributed by atoms with Crippen LogP contribution in [-0.4, -0.2) is 40.9 Å². The highest BCUT2D eigenvalue weighted by atomic mass is 35.5. The Labute approximate surface area is 182 Å². The van der Waals surface area contributed by atoms with Crippen LogP contribution in [0.3, 0.4) is 0 Å². The van der Waals surface area contributed by atoms with E-state index in [0.717, 1.165) is 17.0 Å². The highest BCUT2D eigenvalue weighted by Crippen LogP contribution is 2.17. The van der Waals surface area contributed by atoms with E-state index >= 15 is 0 Å². The number of nitrogens with one attached hydrogen (secondary N) is 1. The summed E-state index contributed by atoms with van der Waals surface area (Å²) >= 11 is 5.95. The van der Waals surface area contributed by atoms with Crippen molar-refractivity contribution in [2.45, 2.75) is 26.9 Å². The maximum atomic E-state index is 12.4. The zero-order chi connectivity index (χ0) is 21.5. The molecular weight excluding hydrogens is 400 g/mol. The molecule has 3 aromatic rings. The maximum absolute atomic E-state index is 12.4. The van der Waals surface area contributed by atoms with Gasteiger partial charge in [0.05, 0.1) is 18.8 Å². The van der Waals surface area contributed by atoms with Crippen molar-refractivity contribution in [2.75, 3.05) is 20.2 Å². The smallest absolute Gasteiger partial charge is 0.317 e. The van der Waals surface area contributed by atoms with Crippen LogP contribution >= 0.6 is 11.6 Å². The van der Waals surface area contributed by atoms with Crippen molar-refractivity contribution in [2.24, 2.45) is 0 Å². The van der Waals surface area contributed by atoms with Gasteiger partial charge >= 0.3 is 6.03 Å². The third-order valence-corrected chi connectivity index (χ3v) is 5.20.